The molecule has 0 fully saturated rings. The van der Waals surface area contributed by atoms with Gasteiger partial charge in [0.15, 0.2) is 0 Å². The van der Waals surface area contributed by atoms with Crippen LogP contribution in [0.25, 0.3) is 0 Å². The standard InChI is InChI=1S/C12H23N/c1-7-10(3)9-11(13-8-2)12(4,5)6/h9H,7-8H2,1-6H3/b10-9+,13-11?. The zero-order valence-corrected chi connectivity index (χ0v) is 9.94. The highest BCUT2D eigenvalue weighted by Crippen LogP contribution is 2.18. The molecular formula is C12H23N. The Morgan fingerprint density at radius 2 is 1.77 bits per heavy atom. The lowest BCUT2D eigenvalue weighted by atomic mass is 9.88. The summed E-state index contributed by atoms with van der Waals surface area (Å²) in [4.78, 5) is 4.52. The third-order valence-corrected chi connectivity index (χ3v) is 2.04. The Hall–Kier alpha value is -0.590. The third kappa shape index (κ3) is 4.87. The van der Waals surface area contributed by atoms with Gasteiger partial charge in [0.25, 0.3) is 0 Å². The first-order chi connectivity index (χ1) is 5.91. The molecule has 0 N–H and O–H groups in total. The van der Waals surface area contributed by atoms with Crippen LogP contribution in [0.1, 0.15) is 48.0 Å². The highest BCUT2D eigenvalue weighted by atomic mass is 14.7. The SMILES string of the molecule is CCN=C(/C=C(\C)CC)C(C)(C)C. The largest absolute Gasteiger partial charge is 0.290 e. The smallest absolute Gasteiger partial charge is 0.0401 e. The molecule has 0 aliphatic heterocycles. The van der Waals surface area contributed by atoms with Crippen LogP contribution in [0.15, 0.2) is 16.6 Å². The number of nitrogens with zero attached hydrogens (tertiary/aromatic N) is 1. The van der Waals surface area contributed by atoms with Gasteiger partial charge in [-0.15, -0.1) is 0 Å². The van der Waals surface area contributed by atoms with Gasteiger partial charge in [-0.1, -0.05) is 33.3 Å². The summed E-state index contributed by atoms with van der Waals surface area (Å²) in [5, 5.41) is 0. The molecule has 1 heteroatoms. The summed E-state index contributed by atoms with van der Waals surface area (Å²) in [6.45, 7) is 13.9. The maximum atomic E-state index is 4.52. The first-order valence-corrected chi connectivity index (χ1v) is 5.13. The normalized spacial score (nSPS) is 14.9. The van der Waals surface area contributed by atoms with Gasteiger partial charge in [-0.2, -0.15) is 0 Å². The molecule has 0 atom stereocenters. The maximum absolute atomic E-state index is 4.52. The van der Waals surface area contributed by atoms with Crippen molar-refractivity contribution in [1.29, 1.82) is 0 Å². The van der Waals surface area contributed by atoms with E-state index in [2.05, 4.69) is 52.6 Å². The molecule has 0 aromatic heterocycles. The molecule has 13 heavy (non-hydrogen) atoms. The Bertz CT molecular complexity index is 204. The molecule has 0 bridgehead atoms. The van der Waals surface area contributed by atoms with Crippen LogP contribution in [0.3, 0.4) is 0 Å². The molecule has 0 unspecified atom stereocenters. The molecule has 76 valence electrons. The van der Waals surface area contributed by atoms with E-state index in [-0.39, 0.29) is 5.41 Å². The van der Waals surface area contributed by atoms with Crippen molar-refractivity contribution in [3.05, 3.63) is 11.6 Å². The quantitative estimate of drug-likeness (QED) is 0.586. The summed E-state index contributed by atoms with van der Waals surface area (Å²) in [7, 11) is 0. The second-order valence-corrected chi connectivity index (χ2v) is 4.45. The van der Waals surface area contributed by atoms with Crippen molar-refractivity contribution in [2.24, 2.45) is 10.4 Å². The molecule has 0 aromatic carbocycles. The van der Waals surface area contributed by atoms with E-state index in [0.717, 1.165) is 13.0 Å². The Morgan fingerprint density at radius 3 is 2.08 bits per heavy atom. The molecule has 0 rings (SSSR count). The van der Waals surface area contributed by atoms with Crippen molar-refractivity contribution in [2.45, 2.75) is 48.0 Å². The van der Waals surface area contributed by atoms with Crippen molar-refractivity contribution in [3.63, 3.8) is 0 Å². The predicted molar refractivity (Wildman–Crippen MR) is 61.5 cm³/mol. The fraction of sp³-hybridized carbons (Fsp3) is 0.750. The van der Waals surface area contributed by atoms with Crippen LogP contribution in [-0.2, 0) is 0 Å². The van der Waals surface area contributed by atoms with E-state index in [9.17, 15) is 0 Å². The molecule has 0 saturated carbocycles. The highest BCUT2D eigenvalue weighted by Gasteiger charge is 2.16. The first kappa shape index (κ1) is 12.4. The van der Waals surface area contributed by atoms with Crippen LogP contribution < -0.4 is 0 Å². The fourth-order valence-electron chi connectivity index (χ4n) is 1.01. The third-order valence-electron chi connectivity index (χ3n) is 2.04. The van der Waals surface area contributed by atoms with Crippen LogP contribution in [-0.4, -0.2) is 12.3 Å². The minimum atomic E-state index is 0.173. The zero-order valence-electron chi connectivity index (χ0n) is 9.94. The lowest BCUT2D eigenvalue weighted by Crippen LogP contribution is -2.18. The van der Waals surface area contributed by atoms with Gasteiger partial charge in [-0.3, -0.25) is 4.99 Å². The van der Waals surface area contributed by atoms with Gasteiger partial charge in [0.05, 0.1) is 0 Å². The van der Waals surface area contributed by atoms with Gasteiger partial charge in [0.2, 0.25) is 0 Å². The fourth-order valence-corrected chi connectivity index (χ4v) is 1.01. The summed E-state index contributed by atoms with van der Waals surface area (Å²) in [5.41, 5.74) is 2.79. The molecule has 0 radical (unpaired) electrons. The van der Waals surface area contributed by atoms with E-state index < -0.39 is 0 Å². The second-order valence-electron chi connectivity index (χ2n) is 4.45. The number of aliphatic imine (C=N–C) groups is 1. The van der Waals surface area contributed by atoms with Crippen LogP contribution >= 0.6 is 0 Å². The average molecular weight is 181 g/mol. The van der Waals surface area contributed by atoms with Gasteiger partial charge in [0, 0.05) is 17.7 Å². The van der Waals surface area contributed by atoms with Gasteiger partial charge in [-0.05, 0) is 26.3 Å². The number of hydrogen-bond donors (Lipinski definition) is 0. The van der Waals surface area contributed by atoms with E-state index in [1.54, 1.807) is 0 Å². The summed E-state index contributed by atoms with van der Waals surface area (Å²) >= 11 is 0. The van der Waals surface area contributed by atoms with Crippen molar-refractivity contribution in [2.75, 3.05) is 6.54 Å². The Balaban J connectivity index is 4.75. The zero-order chi connectivity index (χ0) is 10.5. The molecule has 0 aliphatic rings. The number of allylic oxidation sites excluding steroid dienone is 2. The monoisotopic (exact) mass is 181 g/mol. The van der Waals surface area contributed by atoms with Crippen LogP contribution in [0.4, 0.5) is 0 Å². The van der Waals surface area contributed by atoms with E-state index >= 15 is 0 Å². The van der Waals surface area contributed by atoms with Crippen molar-refractivity contribution in [1.82, 2.24) is 0 Å². The maximum Gasteiger partial charge on any atom is 0.0401 e. The Kier molecular flexibility index (Phi) is 4.97. The summed E-state index contributed by atoms with van der Waals surface area (Å²) in [6.07, 6.45) is 3.34. The predicted octanol–water partition coefficient (Wildman–Crippen LogP) is 3.85. The van der Waals surface area contributed by atoms with E-state index in [0.29, 0.717) is 0 Å². The van der Waals surface area contributed by atoms with E-state index in [1.807, 2.05) is 0 Å². The Labute approximate surface area is 83.0 Å². The molecule has 1 nitrogen and oxygen atoms in total. The lowest BCUT2D eigenvalue weighted by molar-refractivity contribution is 0.591. The van der Waals surface area contributed by atoms with Gasteiger partial charge >= 0.3 is 0 Å². The molecule has 0 aliphatic carbocycles. The first-order valence-electron chi connectivity index (χ1n) is 5.13. The molecule has 0 spiro atoms. The Morgan fingerprint density at radius 1 is 1.23 bits per heavy atom. The van der Waals surface area contributed by atoms with Crippen molar-refractivity contribution in [3.8, 4) is 0 Å². The lowest BCUT2D eigenvalue weighted by Gasteiger charge is -2.19. The average Bonchev–Trinajstić information content (AvgIpc) is 2.01. The number of hydrogen-bond acceptors (Lipinski definition) is 1. The molecule has 0 saturated heterocycles. The molecule has 0 heterocycles. The van der Waals surface area contributed by atoms with Gasteiger partial charge < -0.3 is 0 Å². The van der Waals surface area contributed by atoms with E-state index in [4.69, 9.17) is 0 Å². The summed E-state index contributed by atoms with van der Waals surface area (Å²) in [6, 6.07) is 0. The molecular weight excluding hydrogens is 158 g/mol. The minimum Gasteiger partial charge on any atom is -0.290 e. The van der Waals surface area contributed by atoms with Crippen LogP contribution in [0, 0.1) is 5.41 Å². The van der Waals surface area contributed by atoms with Gasteiger partial charge in [-0.25, -0.2) is 0 Å². The van der Waals surface area contributed by atoms with Crippen LogP contribution in [0.2, 0.25) is 0 Å². The topological polar surface area (TPSA) is 12.4 Å². The summed E-state index contributed by atoms with van der Waals surface area (Å²) < 4.78 is 0. The summed E-state index contributed by atoms with van der Waals surface area (Å²) in [5.74, 6) is 0. The number of rotatable bonds is 3. The van der Waals surface area contributed by atoms with Crippen molar-refractivity contribution >= 4 is 5.71 Å². The van der Waals surface area contributed by atoms with Crippen molar-refractivity contribution < 1.29 is 0 Å². The molecule has 0 aromatic rings. The second kappa shape index (κ2) is 5.21. The van der Waals surface area contributed by atoms with Crippen LogP contribution in [0.5, 0.6) is 0 Å². The highest BCUT2D eigenvalue weighted by molar-refractivity contribution is 5.99. The minimum absolute atomic E-state index is 0.173. The van der Waals surface area contributed by atoms with Gasteiger partial charge in [0.1, 0.15) is 0 Å². The van der Waals surface area contributed by atoms with E-state index in [1.165, 1.54) is 11.3 Å². The molecule has 0 amide bonds.